The number of pyridine rings is 1. The van der Waals surface area contributed by atoms with Crippen LogP contribution in [0.5, 0.6) is 5.75 Å². The zero-order valence-electron chi connectivity index (χ0n) is 18.5. The number of nitrogens with one attached hydrogen (secondary N) is 2. The molecule has 0 radical (unpaired) electrons. The second-order valence-electron chi connectivity index (χ2n) is 7.84. The van der Waals surface area contributed by atoms with Gasteiger partial charge in [-0.3, -0.25) is 14.9 Å². The number of aliphatic imine (C=N–C) groups is 1. The molecule has 32 heavy (non-hydrogen) atoms. The summed E-state index contributed by atoms with van der Waals surface area (Å²) >= 11 is 1.83. The van der Waals surface area contributed by atoms with Crippen molar-refractivity contribution in [3.05, 3.63) is 82.3 Å². The molecule has 1 aliphatic heterocycles. The highest BCUT2D eigenvalue weighted by atomic mass is 32.1. The predicted molar refractivity (Wildman–Crippen MR) is 131 cm³/mol. The SMILES string of the molecule is CN=C(NCc1cccc(OCc2ccccn2)c1)NCC(c1cccs1)N1CCCC1. The zero-order chi connectivity index (χ0) is 22.0. The van der Waals surface area contributed by atoms with E-state index in [1.54, 1.807) is 6.20 Å². The Hall–Kier alpha value is -2.90. The highest BCUT2D eigenvalue weighted by Crippen LogP contribution is 2.27. The average molecular weight is 450 g/mol. The molecule has 2 N–H and O–H groups in total. The fourth-order valence-corrected chi connectivity index (χ4v) is 4.79. The van der Waals surface area contributed by atoms with Gasteiger partial charge in [0.05, 0.1) is 11.7 Å². The second-order valence-corrected chi connectivity index (χ2v) is 8.82. The summed E-state index contributed by atoms with van der Waals surface area (Å²) < 4.78 is 5.90. The predicted octanol–water partition coefficient (Wildman–Crippen LogP) is 4.22. The minimum Gasteiger partial charge on any atom is -0.487 e. The smallest absolute Gasteiger partial charge is 0.191 e. The number of rotatable bonds is 9. The molecule has 1 saturated heterocycles. The normalized spacial score (nSPS) is 15.5. The molecule has 0 saturated carbocycles. The van der Waals surface area contributed by atoms with E-state index in [4.69, 9.17) is 4.74 Å². The molecule has 0 bridgehead atoms. The Balaban J connectivity index is 1.29. The number of nitrogens with zero attached hydrogens (tertiary/aromatic N) is 3. The number of likely N-dealkylation sites (tertiary alicyclic amines) is 1. The van der Waals surface area contributed by atoms with Crippen molar-refractivity contribution in [3.8, 4) is 5.75 Å². The number of ether oxygens (including phenoxy) is 1. The molecule has 1 fully saturated rings. The number of aromatic nitrogens is 1. The monoisotopic (exact) mass is 449 g/mol. The summed E-state index contributed by atoms with van der Waals surface area (Å²) in [6.07, 6.45) is 4.35. The molecule has 0 aliphatic carbocycles. The lowest BCUT2D eigenvalue weighted by Gasteiger charge is -2.27. The molecular weight excluding hydrogens is 418 g/mol. The molecule has 2 aromatic heterocycles. The van der Waals surface area contributed by atoms with Crippen molar-refractivity contribution < 1.29 is 4.74 Å². The van der Waals surface area contributed by atoms with Crippen molar-refractivity contribution in [2.24, 2.45) is 4.99 Å². The molecule has 1 unspecified atom stereocenters. The van der Waals surface area contributed by atoms with Crippen LogP contribution in [0, 0.1) is 0 Å². The molecule has 3 heterocycles. The number of guanidine groups is 1. The molecule has 6 nitrogen and oxygen atoms in total. The maximum atomic E-state index is 5.90. The summed E-state index contributed by atoms with van der Waals surface area (Å²) in [5.74, 6) is 1.65. The molecule has 1 aliphatic rings. The van der Waals surface area contributed by atoms with Gasteiger partial charge in [-0.1, -0.05) is 24.3 Å². The van der Waals surface area contributed by atoms with E-state index in [0.29, 0.717) is 19.2 Å². The summed E-state index contributed by atoms with van der Waals surface area (Å²) in [6.45, 7) is 4.31. The molecule has 7 heteroatoms. The van der Waals surface area contributed by atoms with Crippen LogP contribution in [0.2, 0.25) is 0 Å². The molecule has 1 atom stereocenters. The molecule has 0 amide bonds. The number of benzene rings is 1. The van der Waals surface area contributed by atoms with Gasteiger partial charge in [-0.15, -0.1) is 11.3 Å². The van der Waals surface area contributed by atoms with E-state index in [1.165, 1.54) is 30.8 Å². The Bertz CT molecular complexity index is 971. The van der Waals surface area contributed by atoms with E-state index in [-0.39, 0.29) is 0 Å². The Morgan fingerprint density at radius 1 is 1.12 bits per heavy atom. The maximum Gasteiger partial charge on any atom is 0.191 e. The Morgan fingerprint density at radius 2 is 2.03 bits per heavy atom. The van der Waals surface area contributed by atoms with Gasteiger partial charge in [-0.2, -0.15) is 0 Å². The first-order valence-electron chi connectivity index (χ1n) is 11.2. The number of hydrogen-bond acceptors (Lipinski definition) is 5. The summed E-state index contributed by atoms with van der Waals surface area (Å²) in [4.78, 5) is 12.7. The van der Waals surface area contributed by atoms with Crippen molar-refractivity contribution in [1.82, 2.24) is 20.5 Å². The van der Waals surface area contributed by atoms with Crippen LogP contribution in [0.4, 0.5) is 0 Å². The highest BCUT2D eigenvalue weighted by Gasteiger charge is 2.24. The lowest BCUT2D eigenvalue weighted by Crippen LogP contribution is -2.42. The van der Waals surface area contributed by atoms with Crippen LogP contribution in [-0.2, 0) is 13.2 Å². The fraction of sp³-hybridized carbons (Fsp3) is 0.360. The van der Waals surface area contributed by atoms with Gasteiger partial charge in [0.25, 0.3) is 0 Å². The third-order valence-electron chi connectivity index (χ3n) is 5.61. The van der Waals surface area contributed by atoms with Crippen LogP contribution in [0.1, 0.15) is 35.0 Å². The van der Waals surface area contributed by atoms with Crippen molar-refractivity contribution in [1.29, 1.82) is 0 Å². The minimum atomic E-state index is 0.388. The molecule has 3 aromatic rings. The molecule has 4 rings (SSSR count). The molecule has 168 valence electrons. The van der Waals surface area contributed by atoms with Gasteiger partial charge in [0.2, 0.25) is 0 Å². The van der Waals surface area contributed by atoms with Gasteiger partial charge in [0.15, 0.2) is 5.96 Å². The van der Waals surface area contributed by atoms with Crippen molar-refractivity contribution in [2.45, 2.75) is 32.0 Å². The first kappa shape index (κ1) is 22.3. The van der Waals surface area contributed by atoms with E-state index in [2.05, 4.69) is 55.2 Å². The van der Waals surface area contributed by atoms with Crippen molar-refractivity contribution in [2.75, 3.05) is 26.7 Å². The van der Waals surface area contributed by atoms with E-state index in [1.807, 2.05) is 48.7 Å². The minimum absolute atomic E-state index is 0.388. The summed E-state index contributed by atoms with van der Waals surface area (Å²) in [5, 5.41) is 9.13. The first-order valence-corrected chi connectivity index (χ1v) is 12.0. The van der Waals surface area contributed by atoms with Crippen LogP contribution in [0.15, 0.2) is 71.2 Å². The third kappa shape index (κ3) is 6.31. The van der Waals surface area contributed by atoms with Gasteiger partial charge in [0.1, 0.15) is 12.4 Å². The molecule has 0 spiro atoms. The quantitative estimate of drug-likeness (QED) is 0.378. The standard InChI is InChI=1S/C25H31N5OS/c1-26-25(29-18-23(24-11-7-15-32-24)30-13-4-5-14-30)28-17-20-8-6-10-22(16-20)31-19-21-9-2-3-12-27-21/h2-3,6-12,15-16,23H,4-5,13-14,17-19H2,1H3,(H2,26,28,29). The van der Waals surface area contributed by atoms with E-state index < -0.39 is 0 Å². The lowest BCUT2D eigenvalue weighted by molar-refractivity contribution is 0.249. The lowest BCUT2D eigenvalue weighted by atomic mass is 10.2. The largest absolute Gasteiger partial charge is 0.487 e. The van der Waals surface area contributed by atoms with Crippen LogP contribution in [0.3, 0.4) is 0 Å². The van der Waals surface area contributed by atoms with Crippen molar-refractivity contribution in [3.63, 3.8) is 0 Å². The molecular formula is C25H31N5OS. The summed E-state index contributed by atoms with van der Waals surface area (Å²) in [7, 11) is 1.82. The Kier molecular flexibility index (Phi) is 8.11. The van der Waals surface area contributed by atoms with Crippen LogP contribution in [-0.4, -0.2) is 42.5 Å². The average Bonchev–Trinajstić information content (AvgIpc) is 3.56. The molecule has 1 aromatic carbocycles. The van der Waals surface area contributed by atoms with Gasteiger partial charge >= 0.3 is 0 Å². The van der Waals surface area contributed by atoms with Gasteiger partial charge in [0, 0.05) is 31.2 Å². The van der Waals surface area contributed by atoms with E-state index >= 15 is 0 Å². The fourth-order valence-electron chi connectivity index (χ4n) is 3.93. The zero-order valence-corrected chi connectivity index (χ0v) is 19.4. The Morgan fingerprint density at radius 3 is 2.78 bits per heavy atom. The van der Waals surface area contributed by atoms with Gasteiger partial charge in [-0.05, 0) is 67.2 Å². The summed E-state index contributed by atoms with van der Waals surface area (Å²) in [5.41, 5.74) is 2.06. The van der Waals surface area contributed by atoms with E-state index in [9.17, 15) is 0 Å². The third-order valence-corrected chi connectivity index (χ3v) is 6.58. The van der Waals surface area contributed by atoms with Gasteiger partial charge < -0.3 is 15.4 Å². The Labute approximate surface area is 194 Å². The van der Waals surface area contributed by atoms with Crippen LogP contribution in [0.25, 0.3) is 0 Å². The topological polar surface area (TPSA) is 61.8 Å². The van der Waals surface area contributed by atoms with Crippen molar-refractivity contribution >= 4 is 17.3 Å². The van der Waals surface area contributed by atoms with Gasteiger partial charge in [-0.25, -0.2) is 0 Å². The highest BCUT2D eigenvalue weighted by molar-refractivity contribution is 7.10. The number of hydrogen-bond donors (Lipinski definition) is 2. The van der Waals surface area contributed by atoms with Crippen LogP contribution >= 0.6 is 11.3 Å². The number of thiophene rings is 1. The second kappa shape index (κ2) is 11.6. The maximum absolute atomic E-state index is 5.90. The van der Waals surface area contributed by atoms with Crippen LogP contribution < -0.4 is 15.4 Å². The summed E-state index contributed by atoms with van der Waals surface area (Å²) in [6, 6.07) is 18.7. The first-order chi connectivity index (χ1) is 15.8. The van der Waals surface area contributed by atoms with E-state index in [0.717, 1.165) is 29.5 Å².